The lowest BCUT2D eigenvalue weighted by Gasteiger charge is -2.36. The van der Waals surface area contributed by atoms with Crippen LogP contribution in [0, 0.1) is 5.82 Å². The molecule has 3 aromatic rings. The van der Waals surface area contributed by atoms with E-state index in [2.05, 4.69) is 25.3 Å². The van der Waals surface area contributed by atoms with Crippen molar-refractivity contribution in [2.45, 2.75) is 11.9 Å². The molecule has 1 aliphatic rings. The highest BCUT2D eigenvalue weighted by atomic mass is 32.2. The molecule has 4 rings (SSSR count). The van der Waals surface area contributed by atoms with Gasteiger partial charge in [-0.2, -0.15) is 0 Å². The number of hydrogen-bond donors (Lipinski definition) is 1. The Hall–Kier alpha value is -3.33. The van der Waals surface area contributed by atoms with Crippen molar-refractivity contribution in [3.63, 3.8) is 0 Å². The normalized spacial score (nSPS) is 13.6. The predicted molar refractivity (Wildman–Crippen MR) is 130 cm³/mol. The van der Waals surface area contributed by atoms with E-state index < -0.39 is 0 Å². The number of thioether (sulfide) groups is 1. The van der Waals surface area contributed by atoms with Gasteiger partial charge in [-0.05, 0) is 67.6 Å². The number of hydrogen-bond acceptors (Lipinski definition) is 7. The maximum Gasteiger partial charge on any atom is 0.234 e. The van der Waals surface area contributed by atoms with Gasteiger partial charge in [-0.25, -0.2) is 4.39 Å². The van der Waals surface area contributed by atoms with E-state index in [0.717, 1.165) is 49.1 Å². The third kappa shape index (κ3) is 6.35. The number of nitrogens with one attached hydrogen (secondary N) is 1. The zero-order valence-corrected chi connectivity index (χ0v) is 19.2. The summed E-state index contributed by atoms with van der Waals surface area (Å²) in [6.07, 6.45) is 0. The fraction of sp³-hybridized carbons (Fsp3) is 0.292. The Morgan fingerprint density at radius 1 is 0.970 bits per heavy atom. The summed E-state index contributed by atoms with van der Waals surface area (Å²) < 4.78 is 18.5. The second-order valence-electron chi connectivity index (χ2n) is 7.47. The average molecular weight is 468 g/mol. The van der Waals surface area contributed by atoms with Gasteiger partial charge in [0, 0.05) is 37.6 Å². The standard InChI is InChI=1S/C24H26FN5O2S/c1-2-32-21-9-5-19(6-10-21)26-23(31)17-33-24-12-11-22(27-28-24)30-15-13-29(14-16-30)20-7-3-18(25)4-8-20/h3-12H,2,13-17H2,1H3,(H,26,31). The minimum absolute atomic E-state index is 0.105. The molecule has 1 amide bonds. The van der Waals surface area contributed by atoms with E-state index in [4.69, 9.17) is 4.74 Å². The van der Waals surface area contributed by atoms with Gasteiger partial charge in [-0.3, -0.25) is 4.79 Å². The highest BCUT2D eigenvalue weighted by Crippen LogP contribution is 2.22. The molecular formula is C24H26FN5O2S. The number of benzene rings is 2. The molecule has 0 bridgehead atoms. The number of aromatic nitrogens is 2. The van der Waals surface area contributed by atoms with Crippen LogP contribution in [0.3, 0.4) is 0 Å². The Morgan fingerprint density at radius 2 is 1.67 bits per heavy atom. The van der Waals surface area contributed by atoms with Crippen LogP contribution in [0.5, 0.6) is 5.75 Å². The van der Waals surface area contributed by atoms with Crippen molar-refractivity contribution in [2.75, 3.05) is 53.7 Å². The second-order valence-corrected chi connectivity index (χ2v) is 8.47. The van der Waals surface area contributed by atoms with Crippen LogP contribution in [0.1, 0.15) is 6.92 Å². The van der Waals surface area contributed by atoms with Crippen LogP contribution >= 0.6 is 11.8 Å². The van der Waals surface area contributed by atoms with Gasteiger partial charge in [0.1, 0.15) is 16.6 Å². The summed E-state index contributed by atoms with van der Waals surface area (Å²) in [6, 6.07) is 17.7. The topological polar surface area (TPSA) is 70.6 Å². The van der Waals surface area contributed by atoms with E-state index in [1.165, 1.54) is 23.9 Å². The summed E-state index contributed by atoms with van der Waals surface area (Å²) in [6.45, 7) is 5.81. The maximum atomic E-state index is 13.1. The first-order chi connectivity index (χ1) is 16.1. The smallest absolute Gasteiger partial charge is 0.234 e. The Bertz CT molecular complexity index is 1040. The first-order valence-electron chi connectivity index (χ1n) is 10.9. The maximum absolute atomic E-state index is 13.1. The number of ether oxygens (including phenoxy) is 1. The minimum atomic E-state index is -0.223. The lowest BCUT2D eigenvalue weighted by molar-refractivity contribution is -0.113. The molecule has 0 aliphatic carbocycles. The van der Waals surface area contributed by atoms with E-state index in [0.29, 0.717) is 11.6 Å². The molecule has 7 nitrogen and oxygen atoms in total. The second kappa shape index (κ2) is 11.0. The van der Waals surface area contributed by atoms with Crippen LogP contribution in [0.4, 0.5) is 21.6 Å². The molecule has 0 radical (unpaired) electrons. The zero-order chi connectivity index (χ0) is 23.0. The number of piperazine rings is 1. The quantitative estimate of drug-likeness (QED) is 0.501. The van der Waals surface area contributed by atoms with Gasteiger partial charge < -0.3 is 19.9 Å². The molecule has 1 aromatic heterocycles. The Labute approximate surface area is 197 Å². The highest BCUT2D eigenvalue weighted by Gasteiger charge is 2.19. The Balaban J connectivity index is 1.23. The van der Waals surface area contributed by atoms with Crippen LogP contribution in [0.2, 0.25) is 0 Å². The summed E-state index contributed by atoms with van der Waals surface area (Å²) in [5.74, 6) is 1.51. The molecule has 0 atom stereocenters. The third-order valence-electron chi connectivity index (χ3n) is 5.22. The summed E-state index contributed by atoms with van der Waals surface area (Å²) in [7, 11) is 0. The molecule has 1 fully saturated rings. The van der Waals surface area contributed by atoms with Gasteiger partial charge in [0.05, 0.1) is 12.4 Å². The van der Waals surface area contributed by atoms with E-state index in [-0.39, 0.29) is 17.5 Å². The highest BCUT2D eigenvalue weighted by molar-refractivity contribution is 7.99. The largest absolute Gasteiger partial charge is 0.494 e. The number of carbonyl (C=O) groups is 1. The number of amides is 1. The van der Waals surface area contributed by atoms with Gasteiger partial charge in [0.2, 0.25) is 5.91 Å². The zero-order valence-electron chi connectivity index (χ0n) is 18.4. The lowest BCUT2D eigenvalue weighted by atomic mass is 10.2. The van der Waals surface area contributed by atoms with Crippen molar-refractivity contribution in [2.24, 2.45) is 0 Å². The molecule has 9 heteroatoms. The van der Waals surface area contributed by atoms with Crippen LogP contribution in [-0.4, -0.2) is 54.6 Å². The molecule has 2 aromatic carbocycles. The molecule has 2 heterocycles. The summed E-state index contributed by atoms with van der Waals surface area (Å²) in [4.78, 5) is 16.6. The average Bonchev–Trinajstić information content (AvgIpc) is 2.85. The molecule has 1 N–H and O–H groups in total. The van der Waals surface area contributed by atoms with Gasteiger partial charge in [-0.1, -0.05) is 11.8 Å². The Morgan fingerprint density at radius 3 is 2.30 bits per heavy atom. The number of anilines is 3. The molecule has 0 saturated carbocycles. The van der Waals surface area contributed by atoms with Crippen LogP contribution in [-0.2, 0) is 4.79 Å². The van der Waals surface area contributed by atoms with Crippen LogP contribution in [0.15, 0.2) is 65.7 Å². The van der Waals surface area contributed by atoms with Crippen molar-refractivity contribution < 1.29 is 13.9 Å². The fourth-order valence-corrected chi connectivity index (χ4v) is 4.16. The van der Waals surface area contributed by atoms with Crippen molar-refractivity contribution in [3.8, 4) is 5.75 Å². The van der Waals surface area contributed by atoms with E-state index in [9.17, 15) is 9.18 Å². The molecular weight excluding hydrogens is 441 g/mol. The first-order valence-corrected chi connectivity index (χ1v) is 11.8. The minimum Gasteiger partial charge on any atom is -0.494 e. The number of halogens is 1. The van der Waals surface area contributed by atoms with Crippen molar-refractivity contribution in [1.29, 1.82) is 0 Å². The number of carbonyl (C=O) groups excluding carboxylic acids is 1. The van der Waals surface area contributed by atoms with Gasteiger partial charge in [0.25, 0.3) is 0 Å². The first kappa shape index (κ1) is 22.8. The third-order valence-corrected chi connectivity index (χ3v) is 6.14. The molecule has 0 unspecified atom stereocenters. The van der Waals surface area contributed by atoms with Gasteiger partial charge >= 0.3 is 0 Å². The summed E-state index contributed by atoms with van der Waals surface area (Å²) in [5.41, 5.74) is 1.75. The molecule has 172 valence electrons. The summed E-state index contributed by atoms with van der Waals surface area (Å²) in [5, 5.41) is 12.2. The molecule has 1 saturated heterocycles. The molecule has 0 spiro atoms. The predicted octanol–water partition coefficient (Wildman–Crippen LogP) is 4.07. The summed E-state index contributed by atoms with van der Waals surface area (Å²) >= 11 is 1.35. The lowest BCUT2D eigenvalue weighted by Crippen LogP contribution is -2.46. The van der Waals surface area contributed by atoms with Gasteiger partial charge in [0.15, 0.2) is 5.82 Å². The van der Waals surface area contributed by atoms with E-state index in [1.54, 1.807) is 0 Å². The van der Waals surface area contributed by atoms with Crippen LogP contribution < -0.4 is 19.9 Å². The van der Waals surface area contributed by atoms with Crippen LogP contribution in [0.25, 0.3) is 0 Å². The van der Waals surface area contributed by atoms with Crippen molar-refractivity contribution in [1.82, 2.24) is 10.2 Å². The van der Waals surface area contributed by atoms with E-state index in [1.807, 2.05) is 55.5 Å². The molecule has 33 heavy (non-hydrogen) atoms. The van der Waals surface area contributed by atoms with Gasteiger partial charge in [-0.15, -0.1) is 10.2 Å². The molecule has 1 aliphatic heterocycles. The number of rotatable bonds is 8. The fourth-order valence-electron chi connectivity index (χ4n) is 3.54. The van der Waals surface area contributed by atoms with Crippen molar-refractivity contribution >= 4 is 34.9 Å². The SMILES string of the molecule is CCOc1ccc(NC(=O)CSc2ccc(N3CCN(c4ccc(F)cc4)CC3)nn2)cc1. The van der Waals surface area contributed by atoms with E-state index >= 15 is 0 Å². The van der Waals surface area contributed by atoms with Crippen molar-refractivity contribution in [3.05, 3.63) is 66.5 Å². The monoisotopic (exact) mass is 467 g/mol. The Kier molecular flexibility index (Phi) is 7.62. The number of nitrogens with zero attached hydrogens (tertiary/aromatic N) is 4.